The van der Waals surface area contributed by atoms with Crippen LogP contribution >= 0.6 is 11.6 Å². The van der Waals surface area contributed by atoms with E-state index in [0.717, 1.165) is 5.56 Å². The molecule has 0 unspecified atom stereocenters. The third-order valence-corrected chi connectivity index (χ3v) is 5.05. The number of benzene rings is 3. The highest BCUT2D eigenvalue weighted by Gasteiger charge is 2.16. The summed E-state index contributed by atoms with van der Waals surface area (Å²) in [7, 11) is 1.24. The zero-order chi connectivity index (χ0) is 25.5. The number of tetrazole rings is 1. The molecule has 0 spiro atoms. The molecular formula is C24H19ClN6O5. The number of methoxy groups -OCH3 is 1. The van der Waals surface area contributed by atoms with E-state index in [9.17, 15) is 14.4 Å². The Kier molecular flexibility index (Phi) is 7.51. The molecule has 0 atom stereocenters. The summed E-state index contributed by atoms with van der Waals surface area (Å²) >= 11 is 6.17. The summed E-state index contributed by atoms with van der Waals surface area (Å²) in [5.41, 5.74) is 2.13. The lowest BCUT2D eigenvalue weighted by Gasteiger charge is -2.11. The van der Waals surface area contributed by atoms with Crippen molar-refractivity contribution in [1.29, 1.82) is 0 Å². The molecule has 182 valence electrons. The second-order valence-electron chi connectivity index (χ2n) is 7.40. The fourth-order valence-corrected chi connectivity index (χ4v) is 3.46. The van der Waals surface area contributed by atoms with E-state index < -0.39 is 18.0 Å². The molecule has 1 heterocycles. The fourth-order valence-electron chi connectivity index (χ4n) is 3.22. The summed E-state index contributed by atoms with van der Waals surface area (Å²) in [6, 6.07) is 18.1. The molecule has 0 saturated heterocycles. The van der Waals surface area contributed by atoms with E-state index in [-0.39, 0.29) is 40.0 Å². The van der Waals surface area contributed by atoms with Crippen LogP contribution in [0.4, 0.5) is 16.2 Å². The smallest absolute Gasteiger partial charge is 0.411 e. The van der Waals surface area contributed by atoms with Crippen LogP contribution < -0.4 is 10.6 Å². The van der Waals surface area contributed by atoms with Crippen LogP contribution in [0.15, 0.2) is 66.7 Å². The molecule has 3 aromatic carbocycles. The molecule has 0 radical (unpaired) electrons. The highest BCUT2D eigenvalue weighted by Crippen LogP contribution is 2.24. The Bertz CT molecular complexity index is 1400. The van der Waals surface area contributed by atoms with E-state index >= 15 is 0 Å². The number of anilines is 2. The number of esters is 1. The highest BCUT2D eigenvalue weighted by molar-refractivity contribution is 6.31. The Hall–Kier alpha value is -4.77. The quantitative estimate of drug-likeness (QED) is 0.314. The zero-order valence-corrected chi connectivity index (χ0v) is 19.6. The van der Waals surface area contributed by atoms with Gasteiger partial charge in [-0.1, -0.05) is 41.9 Å². The molecule has 1 aromatic heterocycles. The van der Waals surface area contributed by atoms with Crippen molar-refractivity contribution in [3.63, 3.8) is 0 Å². The summed E-state index contributed by atoms with van der Waals surface area (Å²) < 4.78 is 9.99. The molecule has 0 aliphatic heterocycles. The third-order valence-electron chi connectivity index (χ3n) is 4.83. The van der Waals surface area contributed by atoms with Gasteiger partial charge >= 0.3 is 12.1 Å². The Morgan fingerprint density at radius 3 is 2.42 bits per heavy atom. The van der Waals surface area contributed by atoms with Gasteiger partial charge in [-0.2, -0.15) is 5.21 Å². The van der Waals surface area contributed by atoms with Gasteiger partial charge in [0.2, 0.25) is 5.82 Å². The molecule has 0 bridgehead atoms. The standard InChI is InChI=1S/C24H19ClN6O5/c1-35-23(33)17-7-15(21-28-30-31-29-21)9-19(11-17)26-22(32)16-8-18(25)12-20(10-16)27-24(34)36-13-14-5-3-2-4-6-14/h2-12H,13H2,1H3,(H,26,32)(H,27,34)(H,28,29,30,31). The molecule has 4 rings (SSSR count). The average Bonchev–Trinajstić information content (AvgIpc) is 3.42. The largest absolute Gasteiger partial charge is 0.465 e. The summed E-state index contributed by atoms with van der Waals surface area (Å²) in [5.74, 6) is -0.933. The maximum Gasteiger partial charge on any atom is 0.411 e. The number of ether oxygens (including phenoxy) is 2. The number of H-pyrrole nitrogens is 1. The van der Waals surface area contributed by atoms with Gasteiger partial charge in [0, 0.05) is 27.5 Å². The van der Waals surface area contributed by atoms with E-state index in [2.05, 4.69) is 31.3 Å². The zero-order valence-electron chi connectivity index (χ0n) is 18.8. The van der Waals surface area contributed by atoms with Crippen molar-refractivity contribution in [3.8, 4) is 11.4 Å². The van der Waals surface area contributed by atoms with Crippen LogP contribution in [-0.2, 0) is 16.1 Å². The number of halogens is 1. The lowest BCUT2D eigenvalue weighted by molar-refractivity contribution is 0.0600. The van der Waals surface area contributed by atoms with Crippen LogP contribution in [0.25, 0.3) is 11.4 Å². The molecule has 3 N–H and O–H groups in total. The SMILES string of the molecule is COC(=O)c1cc(NC(=O)c2cc(Cl)cc(NC(=O)OCc3ccccc3)c2)cc(-c2nn[nH]n2)c1. The molecule has 0 aliphatic rings. The van der Waals surface area contributed by atoms with Crippen molar-refractivity contribution in [2.75, 3.05) is 17.7 Å². The van der Waals surface area contributed by atoms with E-state index in [4.69, 9.17) is 21.1 Å². The van der Waals surface area contributed by atoms with Crippen LogP contribution in [0.2, 0.25) is 5.02 Å². The average molecular weight is 507 g/mol. The van der Waals surface area contributed by atoms with Crippen molar-refractivity contribution >= 4 is 40.9 Å². The Morgan fingerprint density at radius 1 is 0.944 bits per heavy atom. The molecule has 4 aromatic rings. The number of rotatable bonds is 7. The predicted molar refractivity (Wildman–Crippen MR) is 131 cm³/mol. The first-order chi connectivity index (χ1) is 17.4. The number of amides is 2. The van der Waals surface area contributed by atoms with Gasteiger partial charge in [0.25, 0.3) is 5.91 Å². The van der Waals surface area contributed by atoms with Gasteiger partial charge < -0.3 is 14.8 Å². The lowest BCUT2D eigenvalue weighted by Crippen LogP contribution is -2.16. The number of aromatic amines is 1. The number of carbonyl (C=O) groups is 3. The minimum atomic E-state index is -0.706. The van der Waals surface area contributed by atoms with Gasteiger partial charge in [0.05, 0.1) is 12.7 Å². The second-order valence-corrected chi connectivity index (χ2v) is 7.83. The Labute approximate surface area is 209 Å². The first-order valence-corrected chi connectivity index (χ1v) is 10.9. The highest BCUT2D eigenvalue weighted by atomic mass is 35.5. The maximum atomic E-state index is 13.0. The number of aromatic nitrogens is 4. The first-order valence-electron chi connectivity index (χ1n) is 10.5. The van der Waals surface area contributed by atoms with Crippen LogP contribution in [0.3, 0.4) is 0 Å². The molecule has 2 amide bonds. The van der Waals surface area contributed by atoms with Crippen molar-refractivity contribution in [1.82, 2.24) is 20.6 Å². The maximum absolute atomic E-state index is 13.0. The fraction of sp³-hybridized carbons (Fsp3) is 0.0833. The molecule has 36 heavy (non-hydrogen) atoms. The van der Waals surface area contributed by atoms with Crippen LogP contribution in [-0.4, -0.2) is 45.7 Å². The summed E-state index contributed by atoms with van der Waals surface area (Å²) in [6.45, 7) is 0.0832. The normalized spacial score (nSPS) is 10.4. The minimum absolute atomic E-state index is 0.0832. The molecule has 12 heteroatoms. The summed E-state index contributed by atoms with van der Waals surface area (Å²) in [6.07, 6.45) is -0.706. The second kappa shape index (κ2) is 11.1. The van der Waals surface area contributed by atoms with Crippen LogP contribution in [0.1, 0.15) is 26.3 Å². The van der Waals surface area contributed by atoms with Crippen molar-refractivity contribution in [2.45, 2.75) is 6.61 Å². The van der Waals surface area contributed by atoms with Crippen LogP contribution in [0.5, 0.6) is 0 Å². The number of nitrogens with one attached hydrogen (secondary N) is 3. The number of hydrogen-bond donors (Lipinski definition) is 3. The summed E-state index contributed by atoms with van der Waals surface area (Å²) in [4.78, 5) is 37.3. The number of carbonyl (C=O) groups excluding carboxylic acids is 3. The van der Waals surface area contributed by atoms with Gasteiger partial charge in [0.15, 0.2) is 0 Å². The topological polar surface area (TPSA) is 148 Å². The van der Waals surface area contributed by atoms with Crippen LogP contribution in [0, 0.1) is 0 Å². The molecular weight excluding hydrogens is 488 g/mol. The Morgan fingerprint density at radius 2 is 1.69 bits per heavy atom. The molecule has 0 aliphatic carbocycles. The third kappa shape index (κ3) is 6.21. The van der Waals surface area contributed by atoms with Crippen molar-refractivity contribution in [2.24, 2.45) is 0 Å². The van der Waals surface area contributed by atoms with E-state index in [1.807, 2.05) is 30.3 Å². The Balaban J connectivity index is 1.50. The van der Waals surface area contributed by atoms with E-state index in [0.29, 0.717) is 5.56 Å². The summed E-state index contributed by atoms with van der Waals surface area (Å²) in [5, 5.41) is 19.1. The molecule has 11 nitrogen and oxygen atoms in total. The first kappa shape index (κ1) is 24.4. The van der Waals surface area contributed by atoms with Crippen molar-refractivity contribution in [3.05, 3.63) is 88.4 Å². The van der Waals surface area contributed by atoms with Gasteiger partial charge in [0.1, 0.15) is 6.61 Å². The minimum Gasteiger partial charge on any atom is -0.465 e. The lowest BCUT2D eigenvalue weighted by atomic mass is 10.1. The molecule has 0 fully saturated rings. The van der Waals surface area contributed by atoms with Gasteiger partial charge in [-0.25, -0.2) is 9.59 Å². The van der Waals surface area contributed by atoms with Gasteiger partial charge in [-0.3, -0.25) is 10.1 Å². The van der Waals surface area contributed by atoms with E-state index in [1.54, 1.807) is 6.07 Å². The molecule has 0 saturated carbocycles. The predicted octanol–water partition coefficient (Wildman–Crippen LogP) is 4.31. The van der Waals surface area contributed by atoms with E-state index in [1.165, 1.54) is 37.4 Å². The monoisotopic (exact) mass is 506 g/mol. The number of hydrogen-bond acceptors (Lipinski definition) is 8. The van der Waals surface area contributed by atoms with Gasteiger partial charge in [-0.15, -0.1) is 10.2 Å². The number of nitrogens with zero attached hydrogens (tertiary/aromatic N) is 3. The van der Waals surface area contributed by atoms with Crippen molar-refractivity contribution < 1.29 is 23.9 Å². The van der Waals surface area contributed by atoms with Gasteiger partial charge in [-0.05, 0) is 47.2 Å².